The number of ether oxygens (including phenoxy) is 2. The first-order valence-corrected chi connectivity index (χ1v) is 11.5. The molecule has 0 saturated heterocycles. The van der Waals surface area contributed by atoms with Crippen molar-refractivity contribution in [1.29, 1.82) is 0 Å². The van der Waals surface area contributed by atoms with Crippen molar-refractivity contribution in [2.75, 3.05) is 26.2 Å². The van der Waals surface area contributed by atoms with Crippen molar-refractivity contribution in [2.24, 2.45) is 5.92 Å². The Labute approximate surface area is 214 Å². The van der Waals surface area contributed by atoms with Gasteiger partial charge in [-0.2, -0.15) is 4.98 Å². The van der Waals surface area contributed by atoms with Crippen LogP contribution in [0.3, 0.4) is 0 Å². The molecule has 1 heterocycles. The smallest absolute Gasteiger partial charge is 0.309 e. The third kappa shape index (κ3) is 6.81. The molecule has 0 aliphatic rings. The first kappa shape index (κ1) is 26.2. The fourth-order valence-electron chi connectivity index (χ4n) is 3.42. The molecule has 1 atom stereocenters. The van der Waals surface area contributed by atoms with Crippen LogP contribution in [0, 0.1) is 5.92 Å². The number of carbonyl (C=O) groups excluding carboxylic acids is 2. The lowest BCUT2D eigenvalue weighted by molar-refractivity contribution is -0.145. The molecule has 3 aromatic rings. The third-order valence-corrected chi connectivity index (χ3v) is 5.98. The van der Waals surface area contributed by atoms with Crippen molar-refractivity contribution in [3.8, 4) is 5.88 Å². The molecule has 0 bridgehead atoms. The van der Waals surface area contributed by atoms with Crippen LogP contribution in [-0.4, -0.2) is 43.0 Å². The highest BCUT2D eigenvalue weighted by molar-refractivity contribution is 6.39. The van der Waals surface area contributed by atoms with E-state index >= 15 is 0 Å². The molecule has 182 valence electrons. The Bertz CT molecular complexity index is 1200. The number of halogens is 2. The largest absolute Gasteiger partial charge is 0.481 e. The van der Waals surface area contributed by atoms with Gasteiger partial charge in [0.1, 0.15) is 0 Å². The van der Waals surface area contributed by atoms with E-state index in [1.807, 2.05) is 48.4 Å². The highest BCUT2D eigenvalue weighted by Crippen LogP contribution is 2.28. The summed E-state index contributed by atoms with van der Waals surface area (Å²) in [5.41, 5.74) is 2.04. The van der Waals surface area contributed by atoms with Crippen LogP contribution >= 0.6 is 23.2 Å². The molecule has 3 rings (SSSR count). The zero-order chi connectivity index (χ0) is 25.4. The fraction of sp³-hybridized carbons (Fsp3) is 0.231. The number of rotatable bonds is 10. The van der Waals surface area contributed by atoms with E-state index < -0.39 is 11.9 Å². The lowest BCUT2D eigenvalue weighted by atomic mass is 9.95. The first-order chi connectivity index (χ1) is 16.8. The molecule has 0 radical (unpaired) electrons. The number of nitrogens with zero attached hydrogens (tertiary/aromatic N) is 3. The predicted molar refractivity (Wildman–Crippen MR) is 138 cm³/mol. The Morgan fingerprint density at radius 1 is 1.06 bits per heavy atom. The number of hydrogen-bond acceptors (Lipinski definition) is 7. The SMILES string of the molecule is COC(=O)C(C/C=C/c1ccc(N(C)c2nccc(OC)n2)cc1)CC(=O)c1c(Cl)cccc1Cl. The normalized spacial score (nSPS) is 11.8. The van der Waals surface area contributed by atoms with Crippen molar-refractivity contribution < 1.29 is 19.1 Å². The zero-order valence-corrected chi connectivity index (χ0v) is 21.1. The molecule has 9 heteroatoms. The molecule has 1 aromatic heterocycles. The summed E-state index contributed by atoms with van der Waals surface area (Å²) in [4.78, 5) is 35.5. The van der Waals surface area contributed by atoms with Crippen molar-refractivity contribution >= 4 is 52.7 Å². The highest BCUT2D eigenvalue weighted by Gasteiger charge is 2.24. The van der Waals surface area contributed by atoms with Gasteiger partial charge in [0.2, 0.25) is 11.8 Å². The number of Topliss-reactive ketones (excluding diaryl/α,β-unsaturated/α-hetero) is 1. The minimum atomic E-state index is -0.660. The molecule has 0 N–H and O–H groups in total. The van der Waals surface area contributed by atoms with Gasteiger partial charge in [-0.25, -0.2) is 4.98 Å². The number of benzene rings is 2. The maximum atomic E-state index is 12.8. The van der Waals surface area contributed by atoms with Crippen LogP contribution in [-0.2, 0) is 9.53 Å². The summed E-state index contributed by atoms with van der Waals surface area (Å²) >= 11 is 12.3. The number of aromatic nitrogens is 2. The maximum absolute atomic E-state index is 12.8. The predicted octanol–water partition coefficient (Wildman–Crippen LogP) is 6.03. The Balaban J connectivity index is 1.67. The van der Waals surface area contributed by atoms with E-state index in [4.69, 9.17) is 32.7 Å². The molecule has 0 amide bonds. The summed E-state index contributed by atoms with van der Waals surface area (Å²) in [7, 11) is 4.72. The summed E-state index contributed by atoms with van der Waals surface area (Å²) in [5, 5.41) is 0.511. The van der Waals surface area contributed by atoms with Crippen molar-refractivity contribution in [2.45, 2.75) is 12.8 Å². The Kier molecular flexibility index (Phi) is 9.23. The minimum Gasteiger partial charge on any atom is -0.481 e. The number of carbonyl (C=O) groups is 2. The quantitative estimate of drug-likeness (QED) is 0.242. The molecule has 0 fully saturated rings. The lowest BCUT2D eigenvalue weighted by Gasteiger charge is -2.17. The van der Waals surface area contributed by atoms with Gasteiger partial charge >= 0.3 is 5.97 Å². The van der Waals surface area contributed by atoms with E-state index in [9.17, 15) is 9.59 Å². The number of anilines is 2. The van der Waals surface area contributed by atoms with Gasteiger partial charge in [-0.1, -0.05) is 53.6 Å². The summed E-state index contributed by atoms with van der Waals surface area (Å²) in [6.45, 7) is 0. The van der Waals surface area contributed by atoms with Crippen LogP contribution in [0.4, 0.5) is 11.6 Å². The second-order valence-electron chi connectivity index (χ2n) is 7.63. The van der Waals surface area contributed by atoms with Crippen LogP contribution in [0.2, 0.25) is 10.0 Å². The summed E-state index contributed by atoms with van der Waals surface area (Å²) in [5.74, 6) is -0.446. The molecular weight excluding hydrogens is 489 g/mol. The van der Waals surface area contributed by atoms with Gasteiger partial charge in [0.15, 0.2) is 5.78 Å². The summed E-state index contributed by atoms with van der Waals surface area (Å²) in [6, 6.07) is 14.3. The number of hydrogen-bond donors (Lipinski definition) is 0. The Morgan fingerprint density at radius 3 is 2.37 bits per heavy atom. The Hall–Kier alpha value is -3.42. The third-order valence-electron chi connectivity index (χ3n) is 5.35. The lowest BCUT2D eigenvalue weighted by Crippen LogP contribution is -2.20. The zero-order valence-electron chi connectivity index (χ0n) is 19.6. The second kappa shape index (κ2) is 12.3. The van der Waals surface area contributed by atoms with Gasteiger partial charge in [-0.3, -0.25) is 9.59 Å². The second-order valence-corrected chi connectivity index (χ2v) is 8.45. The topological polar surface area (TPSA) is 81.6 Å². The van der Waals surface area contributed by atoms with Crippen LogP contribution < -0.4 is 9.64 Å². The maximum Gasteiger partial charge on any atom is 0.309 e. The fourth-order valence-corrected chi connectivity index (χ4v) is 4.03. The van der Waals surface area contributed by atoms with Gasteiger partial charge in [0.25, 0.3) is 0 Å². The van der Waals surface area contributed by atoms with Crippen LogP contribution in [0.5, 0.6) is 5.88 Å². The van der Waals surface area contributed by atoms with E-state index in [2.05, 4.69) is 9.97 Å². The van der Waals surface area contributed by atoms with Crippen molar-refractivity contribution in [3.63, 3.8) is 0 Å². The van der Waals surface area contributed by atoms with Gasteiger partial charge < -0.3 is 14.4 Å². The first-order valence-electron chi connectivity index (χ1n) is 10.8. The van der Waals surface area contributed by atoms with E-state index in [-0.39, 0.29) is 27.8 Å². The van der Waals surface area contributed by atoms with Crippen molar-refractivity contribution in [1.82, 2.24) is 9.97 Å². The van der Waals surface area contributed by atoms with E-state index in [1.54, 1.807) is 37.6 Å². The molecule has 7 nitrogen and oxygen atoms in total. The molecule has 0 aliphatic carbocycles. The van der Waals surface area contributed by atoms with Crippen LogP contribution in [0.15, 0.2) is 60.8 Å². The number of esters is 1. The monoisotopic (exact) mass is 513 g/mol. The molecule has 0 spiro atoms. The molecule has 1 unspecified atom stereocenters. The Morgan fingerprint density at radius 2 is 1.74 bits per heavy atom. The molecule has 0 aliphatic heterocycles. The van der Waals surface area contributed by atoms with Gasteiger partial charge in [-0.05, 0) is 36.2 Å². The summed E-state index contributed by atoms with van der Waals surface area (Å²) in [6.07, 6.45) is 5.61. The number of allylic oxidation sites excluding steroid dienone is 1. The van der Waals surface area contributed by atoms with E-state index in [0.717, 1.165) is 11.3 Å². The van der Waals surface area contributed by atoms with E-state index in [1.165, 1.54) is 7.11 Å². The number of ketones is 1. The molecule has 35 heavy (non-hydrogen) atoms. The minimum absolute atomic E-state index is 0.0647. The number of methoxy groups -OCH3 is 2. The molecular formula is C26H25Cl2N3O4. The highest BCUT2D eigenvalue weighted by atomic mass is 35.5. The molecule has 0 saturated carbocycles. The van der Waals surface area contributed by atoms with Gasteiger partial charge in [0, 0.05) is 31.4 Å². The van der Waals surface area contributed by atoms with Gasteiger partial charge in [-0.15, -0.1) is 0 Å². The average Bonchev–Trinajstić information content (AvgIpc) is 2.87. The summed E-state index contributed by atoms with van der Waals surface area (Å²) < 4.78 is 10.1. The van der Waals surface area contributed by atoms with Crippen LogP contribution in [0.25, 0.3) is 6.08 Å². The van der Waals surface area contributed by atoms with Crippen LogP contribution in [0.1, 0.15) is 28.8 Å². The molecule has 2 aromatic carbocycles. The average molecular weight is 514 g/mol. The van der Waals surface area contributed by atoms with Gasteiger partial charge in [0.05, 0.1) is 35.7 Å². The standard InChI is InChI=1S/C26H25Cl2N3O4/c1-31(26-29-15-14-23(30-26)34-2)19-12-10-17(11-13-19)6-4-7-18(25(33)35-3)16-22(32)24-20(27)8-5-9-21(24)28/h4-6,8-15,18H,7,16H2,1-3H3/b6-4+. The van der Waals surface area contributed by atoms with E-state index in [0.29, 0.717) is 18.2 Å². The van der Waals surface area contributed by atoms with Crippen molar-refractivity contribution in [3.05, 3.63) is 82.0 Å².